The van der Waals surface area contributed by atoms with Gasteiger partial charge in [0.15, 0.2) is 0 Å². The fourth-order valence-electron chi connectivity index (χ4n) is 2.40. The van der Waals surface area contributed by atoms with Crippen molar-refractivity contribution in [3.63, 3.8) is 0 Å². The van der Waals surface area contributed by atoms with Gasteiger partial charge in [-0.25, -0.2) is 0 Å². The van der Waals surface area contributed by atoms with Crippen LogP contribution in [-0.4, -0.2) is 40.8 Å². The molecule has 1 N–H and O–H groups in total. The molecule has 20 heavy (non-hydrogen) atoms. The third kappa shape index (κ3) is 3.79. The van der Waals surface area contributed by atoms with E-state index in [1.54, 1.807) is 17.3 Å². The Morgan fingerprint density at radius 3 is 2.90 bits per heavy atom. The molecule has 0 spiro atoms. The van der Waals surface area contributed by atoms with Crippen molar-refractivity contribution in [2.75, 3.05) is 13.1 Å². The summed E-state index contributed by atoms with van der Waals surface area (Å²) in [6.07, 6.45) is 4.93. The van der Waals surface area contributed by atoms with Gasteiger partial charge in [0, 0.05) is 18.9 Å². The second-order valence-corrected chi connectivity index (χ2v) is 5.62. The van der Waals surface area contributed by atoms with E-state index in [9.17, 15) is 9.59 Å². The van der Waals surface area contributed by atoms with Gasteiger partial charge in [-0.3, -0.25) is 14.6 Å². The van der Waals surface area contributed by atoms with Crippen LogP contribution in [0.1, 0.15) is 25.8 Å². The predicted octanol–water partition coefficient (Wildman–Crippen LogP) is 0.997. The first-order valence-corrected chi connectivity index (χ1v) is 7.03. The lowest BCUT2D eigenvalue weighted by molar-refractivity contribution is -0.144. The van der Waals surface area contributed by atoms with Crippen LogP contribution in [0, 0.1) is 5.92 Å². The summed E-state index contributed by atoms with van der Waals surface area (Å²) < 4.78 is 0. The van der Waals surface area contributed by atoms with Crippen molar-refractivity contribution < 1.29 is 9.59 Å². The molecule has 0 aliphatic carbocycles. The Hall–Kier alpha value is -1.91. The first-order chi connectivity index (χ1) is 9.56. The first-order valence-electron chi connectivity index (χ1n) is 7.03. The standard InChI is InChI=1S/C15H21N3O2/c1-11(2)8-13-15(20)18(10-14(19)17-13)7-5-12-4-3-6-16-9-12/h3-4,6,9,11,13H,5,7-8,10H2,1-2H3,(H,17,19). The molecule has 1 fully saturated rings. The lowest BCUT2D eigenvalue weighted by atomic mass is 10.0. The zero-order valence-electron chi connectivity index (χ0n) is 12.0. The van der Waals surface area contributed by atoms with Crippen LogP contribution in [0.5, 0.6) is 0 Å². The fraction of sp³-hybridized carbons (Fsp3) is 0.533. The van der Waals surface area contributed by atoms with E-state index >= 15 is 0 Å². The number of hydrogen-bond donors (Lipinski definition) is 1. The molecule has 1 unspecified atom stereocenters. The van der Waals surface area contributed by atoms with E-state index in [1.165, 1.54) is 0 Å². The zero-order valence-corrected chi connectivity index (χ0v) is 12.0. The van der Waals surface area contributed by atoms with Crippen LogP contribution in [0.25, 0.3) is 0 Å². The van der Waals surface area contributed by atoms with Gasteiger partial charge in [-0.05, 0) is 30.4 Å². The van der Waals surface area contributed by atoms with Gasteiger partial charge in [0.1, 0.15) is 6.04 Å². The van der Waals surface area contributed by atoms with Gasteiger partial charge in [0.2, 0.25) is 11.8 Å². The second kappa shape index (κ2) is 6.50. The smallest absolute Gasteiger partial charge is 0.245 e. The Bertz CT molecular complexity index is 473. The SMILES string of the molecule is CC(C)CC1NC(=O)CN(CCc2cccnc2)C1=O. The number of amides is 2. The third-order valence-electron chi connectivity index (χ3n) is 3.38. The van der Waals surface area contributed by atoms with Gasteiger partial charge in [-0.2, -0.15) is 0 Å². The van der Waals surface area contributed by atoms with Crippen LogP contribution in [0.15, 0.2) is 24.5 Å². The Balaban J connectivity index is 1.96. The molecule has 0 radical (unpaired) electrons. The fourth-order valence-corrected chi connectivity index (χ4v) is 2.40. The lowest BCUT2D eigenvalue weighted by Gasteiger charge is -2.33. The van der Waals surface area contributed by atoms with E-state index in [2.05, 4.69) is 10.3 Å². The molecular weight excluding hydrogens is 254 g/mol. The number of piperazine rings is 1. The van der Waals surface area contributed by atoms with Crippen molar-refractivity contribution >= 4 is 11.8 Å². The van der Waals surface area contributed by atoms with Crippen LogP contribution in [0.4, 0.5) is 0 Å². The topological polar surface area (TPSA) is 62.3 Å². The van der Waals surface area contributed by atoms with Crippen LogP contribution in [0.3, 0.4) is 0 Å². The van der Waals surface area contributed by atoms with Gasteiger partial charge in [-0.15, -0.1) is 0 Å². The summed E-state index contributed by atoms with van der Waals surface area (Å²) in [4.78, 5) is 29.7. The average Bonchev–Trinajstić information content (AvgIpc) is 2.41. The van der Waals surface area contributed by atoms with E-state index in [-0.39, 0.29) is 24.4 Å². The van der Waals surface area contributed by atoms with Gasteiger partial charge in [0.05, 0.1) is 6.54 Å². The summed E-state index contributed by atoms with van der Waals surface area (Å²) in [5.74, 6) is 0.339. The number of carbonyl (C=O) groups excluding carboxylic acids is 2. The number of pyridine rings is 1. The maximum atomic E-state index is 12.3. The number of nitrogens with one attached hydrogen (secondary N) is 1. The van der Waals surface area contributed by atoms with E-state index in [0.717, 1.165) is 12.0 Å². The van der Waals surface area contributed by atoms with Crippen molar-refractivity contribution in [2.24, 2.45) is 5.92 Å². The summed E-state index contributed by atoms with van der Waals surface area (Å²) in [5.41, 5.74) is 1.08. The van der Waals surface area contributed by atoms with Crippen molar-refractivity contribution in [1.29, 1.82) is 0 Å². The molecule has 1 saturated heterocycles. The Labute approximate surface area is 119 Å². The molecule has 0 bridgehead atoms. The monoisotopic (exact) mass is 275 g/mol. The molecular formula is C15H21N3O2. The summed E-state index contributed by atoms with van der Waals surface area (Å²) in [6.45, 7) is 4.82. The number of carbonyl (C=O) groups is 2. The van der Waals surface area contributed by atoms with Gasteiger partial charge in [0.25, 0.3) is 0 Å². The summed E-state index contributed by atoms with van der Waals surface area (Å²) in [5, 5.41) is 2.78. The number of hydrogen-bond acceptors (Lipinski definition) is 3. The molecule has 2 heterocycles. The van der Waals surface area contributed by atoms with Crippen molar-refractivity contribution in [1.82, 2.24) is 15.2 Å². The molecule has 2 amide bonds. The maximum Gasteiger partial charge on any atom is 0.245 e. The van der Waals surface area contributed by atoms with Crippen molar-refractivity contribution in [2.45, 2.75) is 32.7 Å². The highest BCUT2D eigenvalue weighted by Crippen LogP contribution is 2.12. The number of aromatic nitrogens is 1. The first kappa shape index (κ1) is 14.5. The van der Waals surface area contributed by atoms with Crippen LogP contribution in [-0.2, 0) is 16.0 Å². The predicted molar refractivity (Wildman–Crippen MR) is 75.9 cm³/mol. The highest BCUT2D eigenvalue weighted by Gasteiger charge is 2.32. The molecule has 108 valence electrons. The highest BCUT2D eigenvalue weighted by molar-refractivity contribution is 5.94. The lowest BCUT2D eigenvalue weighted by Crippen LogP contribution is -2.58. The summed E-state index contributed by atoms with van der Waals surface area (Å²) in [6, 6.07) is 3.49. The van der Waals surface area contributed by atoms with Gasteiger partial charge in [-0.1, -0.05) is 19.9 Å². The number of rotatable bonds is 5. The van der Waals surface area contributed by atoms with Crippen LogP contribution >= 0.6 is 0 Å². The molecule has 1 atom stereocenters. The van der Waals surface area contributed by atoms with Gasteiger partial charge < -0.3 is 10.2 Å². The zero-order chi connectivity index (χ0) is 14.5. The van der Waals surface area contributed by atoms with Crippen molar-refractivity contribution in [3.05, 3.63) is 30.1 Å². The number of nitrogens with zero attached hydrogens (tertiary/aromatic N) is 2. The third-order valence-corrected chi connectivity index (χ3v) is 3.38. The Kier molecular flexibility index (Phi) is 4.71. The van der Waals surface area contributed by atoms with E-state index in [1.807, 2.05) is 26.0 Å². The highest BCUT2D eigenvalue weighted by atomic mass is 16.2. The quantitative estimate of drug-likeness (QED) is 0.872. The molecule has 1 aromatic heterocycles. The normalized spacial score (nSPS) is 19.4. The molecule has 5 nitrogen and oxygen atoms in total. The minimum Gasteiger partial charge on any atom is -0.343 e. The average molecular weight is 275 g/mol. The molecule has 5 heteroatoms. The van der Waals surface area contributed by atoms with E-state index in [4.69, 9.17) is 0 Å². The molecule has 1 aliphatic heterocycles. The molecule has 2 rings (SSSR count). The molecule has 1 aliphatic rings. The minimum absolute atomic E-state index is 0.0298. The second-order valence-electron chi connectivity index (χ2n) is 5.62. The van der Waals surface area contributed by atoms with E-state index < -0.39 is 0 Å². The molecule has 0 aromatic carbocycles. The minimum atomic E-state index is -0.370. The molecule has 0 saturated carbocycles. The molecule has 1 aromatic rings. The largest absolute Gasteiger partial charge is 0.343 e. The Morgan fingerprint density at radius 2 is 2.25 bits per heavy atom. The summed E-state index contributed by atoms with van der Waals surface area (Å²) in [7, 11) is 0. The Morgan fingerprint density at radius 1 is 1.45 bits per heavy atom. The van der Waals surface area contributed by atoms with Gasteiger partial charge >= 0.3 is 0 Å². The summed E-state index contributed by atoms with van der Waals surface area (Å²) >= 11 is 0. The van der Waals surface area contributed by atoms with Crippen molar-refractivity contribution in [3.8, 4) is 0 Å². The maximum absolute atomic E-state index is 12.3. The van der Waals surface area contributed by atoms with Crippen LogP contribution < -0.4 is 5.32 Å². The van der Waals surface area contributed by atoms with Crippen LogP contribution in [0.2, 0.25) is 0 Å². The van der Waals surface area contributed by atoms with E-state index in [0.29, 0.717) is 18.9 Å².